The van der Waals surface area contributed by atoms with Gasteiger partial charge in [0.25, 0.3) is 0 Å². The molecule has 1 aromatic heterocycles. The number of nitro groups is 1. The van der Waals surface area contributed by atoms with E-state index in [1.54, 1.807) is 5.38 Å². The van der Waals surface area contributed by atoms with Crippen molar-refractivity contribution in [2.75, 3.05) is 31.6 Å². The van der Waals surface area contributed by atoms with E-state index in [9.17, 15) is 10.1 Å². The van der Waals surface area contributed by atoms with Gasteiger partial charge in [-0.2, -0.15) is 0 Å². The smallest absolute Gasteiger partial charge is 0.303 e. The van der Waals surface area contributed by atoms with Crippen LogP contribution < -0.4 is 5.32 Å². The molecule has 1 N–H and O–H groups in total. The normalized spacial score (nSPS) is 27.2. The summed E-state index contributed by atoms with van der Waals surface area (Å²) >= 11 is 1.36. The van der Waals surface area contributed by atoms with Gasteiger partial charge in [0.1, 0.15) is 0 Å². The molecule has 0 aromatic carbocycles. The van der Waals surface area contributed by atoms with Crippen molar-refractivity contribution >= 4 is 22.0 Å². The zero-order chi connectivity index (χ0) is 13.2. The zero-order valence-electron chi connectivity index (χ0n) is 10.6. The summed E-state index contributed by atoms with van der Waals surface area (Å²) in [6, 6.07) is 2.12. The lowest BCUT2D eigenvalue weighted by molar-refractivity contribution is -0.383. The lowest BCUT2D eigenvalue weighted by Crippen LogP contribution is -2.48. The van der Waals surface area contributed by atoms with Crippen LogP contribution in [0.4, 0.5) is 10.7 Å². The summed E-state index contributed by atoms with van der Waals surface area (Å²) in [5, 5.41) is 16.3. The average molecular weight is 283 g/mol. The maximum Gasteiger partial charge on any atom is 0.303 e. The van der Waals surface area contributed by atoms with Crippen LogP contribution in [0.5, 0.6) is 0 Å². The minimum Gasteiger partial charge on any atom is -0.373 e. The quantitative estimate of drug-likeness (QED) is 0.675. The molecule has 0 amide bonds. The second-order valence-electron chi connectivity index (χ2n) is 5.02. The van der Waals surface area contributed by atoms with Crippen molar-refractivity contribution in [3.8, 4) is 0 Å². The Morgan fingerprint density at radius 3 is 3.37 bits per heavy atom. The van der Waals surface area contributed by atoms with Gasteiger partial charge >= 0.3 is 5.69 Å². The molecule has 2 saturated heterocycles. The summed E-state index contributed by atoms with van der Waals surface area (Å²) in [5.74, 6) is 0. The number of rotatable bonds is 4. The highest BCUT2D eigenvalue weighted by atomic mass is 32.1. The van der Waals surface area contributed by atoms with Crippen LogP contribution in [0.25, 0.3) is 0 Å². The molecule has 7 heteroatoms. The Morgan fingerprint density at radius 1 is 1.63 bits per heavy atom. The van der Waals surface area contributed by atoms with E-state index in [0.717, 1.165) is 19.7 Å². The number of thiophene rings is 1. The maximum atomic E-state index is 10.8. The van der Waals surface area contributed by atoms with Crippen LogP contribution in [0.2, 0.25) is 0 Å². The first-order valence-corrected chi connectivity index (χ1v) is 7.43. The van der Waals surface area contributed by atoms with Gasteiger partial charge in [0.15, 0.2) is 5.00 Å². The minimum atomic E-state index is -0.350. The van der Waals surface area contributed by atoms with Crippen molar-refractivity contribution in [2.24, 2.45) is 0 Å². The van der Waals surface area contributed by atoms with Gasteiger partial charge in [-0.25, -0.2) is 0 Å². The van der Waals surface area contributed by atoms with Gasteiger partial charge in [0, 0.05) is 25.2 Å². The van der Waals surface area contributed by atoms with Gasteiger partial charge < -0.3 is 10.1 Å². The van der Waals surface area contributed by atoms with E-state index in [1.807, 2.05) is 0 Å². The molecule has 2 aliphatic rings. The van der Waals surface area contributed by atoms with Crippen LogP contribution in [0.3, 0.4) is 0 Å². The van der Waals surface area contributed by atoms with E-state index >= 15 is 0 Å². The second-order valence-corrected chi connectivity index (χ2v) is 5.94. The number of nitrogens with one attached hydrogen (secondary N) is 1. The van der Waals surface area contributed by atoms with E-state index in [-0.39, 0.29) is 16.7 Å². The van der Waals surface area contributed by atoms with Crippen molar-refractivity contribution in [3.63, 3.8) is 0 Å². The molecule has 0 saturated carbocycles. The monoisotopic (exact) mass is 283 g/mol. The van der Waals surface area contributed by atoms with Gasteiger partial charge in [0.2, 0.25) is 0 Å². The van der Waals surface area contributed by atoms with Crippen LogP contribution >= 0.6 is 11.3 Å². The lowest BCUT2D eigenvalue weighted by Gasteiger charge is -2.35. The maximum absolute atomic E-state index is 10.8. The van der Waals surface area contributed by atoms with Crippen LogP contribution in [-0.2, 0) is 4.74 Å². The highest BCUT2D eigenvalue weighted by Gasteiger charge is 2.32. The Labute approximate surface area is 115 Å². The lowest BCUT2D eigenvalue weighted by atomic mass is 10.2. The molecule has 3 rings (SSSR count). The van der Waals surface area contributed by atoms with Crippen molar-refractivity contribution in [1.82, 2.24) is 4.90 Å². The predicted octanol–water partition coefficient (Wildman–Crippen LogP) is 1.93. The number of fused-ring (bicyclic) bond motifs is 1. The first kappa shape index (κ1) is 12.8. The van der Waals surface area contributed by atoms with E-state index in [1.165, 1.54) is 30.2 Å². The fourth-order valence-corrected chi connectivity index (χ4v) is 3.56. The molecule has 0 aliphatic carbocycles. The van der Waals surface area contributed by atoms with Crippen molar-refractivity contribution in [2.45, 2.75) is 25.0 Å². The largest absolute Gasteiger partial charge is 0.373 e. The molecule has 0 radical (unpaired) electrons. The van der Waals surface area contributed by atoms with Crippen LogP contribution in [-0.4, -0.2) is 48.2 Å². The van der Waals surface area contributed by atoms with Gasteiger partial charge in [-0.05, 0) is 24.8 Å². The standard InChI is InChI=1S/C12H17N3O3S/c16-15(17)11-3-5-19-12(11)13-6-10-7-14-4-1-2-9(14)8-18-10/h3,5,9-10,13H,1-2,4,6-8H2/t9-,10-/m1/s1. The fraction of sp³-hybridized carbons (Fsp3) is 0.667. The van der Waals surface area contributed by atoms with Crippen molar-refractivity contribution in [3.05, 3.63) is 21.6 Å². The molecule has 0 bridgehead atoms. The molecule has 3 heterocycles. The van der Waals surface area contributed by atoms with Gasteiger partial charge in [-0.15, -0.1) is 11.3 Å². The highest BCUT2D eigenvalue weighted by molar-refractivity contribution is 7.14. The molecule has 0 spiro atoms. The third kappa shape index (κ3) is 2.72. The summed E-state index contributed by atoms with van der Waals surface area (Å²) in [6.45, 7) is 3.50. The Hall–Kier alpha value is -1.18. The van der Waals surface area contributed by atoms with Gasteiger partial charge in [-0.1, -0.05) is 0 Å². The molecular weight excluding hydrogens is 266 g/mol. The third-order valence-electron chi connectivity index (χ3n) is 3.79. The van der Waals surface area contributed by atoms with Crippen molar-refractivity contribution in [1.29, 1.82) is 0 Å². The SMILES string of the molecule is O=[N+]([O-])c1ccsc1NC[C@@H]1CN2CCC[C@@H]2CO1. The van der Waals surface area contributed by atoms with E-state index < -0.39 is 0 Å². The molecule has 104 valence electrons. The van der Waals surface area contributed by atoms with Crippen LogP contribution in [0, 0.1) is 10.1 Å². The summed E-state index contributed by atoms with van der Waals surface area (Å²) < 4.78 is 5.82. The molecule has 2 aliphatic heterocycles. The predicted molar refractivity (Wildman–Crippen MR) is 73.8 cm³/mol. The molecule has 2 atom stereocenters. The summed E-state index contributed by atoms with van der Waals surface area (Å²) in [5.41, 5.74) is 0.153. The Kier molecular flexibility index (Phi) is 3.67. The highest BCUT2D eigenvalue weighted by Crippen LogP contribution is 2.30. The van der Waals surface area contributed by atoms with Gasteiger partial charge in [-0.3, -0.25) is 15.0 Å². The van der Waals surface area contributed by atoms with Crippen LogP contribution in [0.15, 0.2) is 11.4 Å². The number of hydrogen-bond donors (Lipinski definition) is 1. The van der Waals surface area contributed by atoms with Gasteiger partial charge in [0.05, 0.1) is 17.6 Å². The number of hydrogen-bond acceptors (Lipinski definition) is 6. The van der Waals surface area contributed by atoms with E-state index in [4.69, 9.17) is 4.74 Å². The number of ether oxygens (including phenoxy) is 1. The molecule has 6 nitrogen and oxygen atoms in total. The number of morpholine rings is 1. The Balaban J connectivity index is 1.55. The number of nitrogens with zero attached hydrogens (tertiary/aromatic N) is 2. The molecular formula is C12H17N3O3S. The second kappa shape index (κ2) is 5.44. The topological polar surface area (TPSA) is 67.6 Å². The Morgan fingerprint density at radius 2 is 2.53 bits per heavy atom. The zero-order valence-corrected chi connectivity index (χ0v) is 11.4. The third-order valence-corrected chi connectivity index (χ3v) is 4.65. The fourth-order valence-electron chi connectivity index (χ4n) is 2.79. The molecule has 0 unspecified atom stereocenters. The average Bonchev–Trinajstić information content (AvgIpc) is 3.04. The Bertz CT molecular complexity index is 465. The van der Waals surface area contributed by atoms with Crippen LogP contribution in [0.1, 0.15) is 12.8 Å². The summed E-state index contributed by atoms with van der Waals surface area (Å²) in [7, 11) is 0. The minimum absolute atomic E-state index is 0.121. The first-order chi connectivity index (χ1) is 9.24. The van der Waals surface area contributed by atoms with E-state index in [2.05, 4.69) is 10.2 Å². The molecule has 2 fully saturated rings. The van der Waals surface area contributed by atoms with E-state index in [0.29, 0.717) is 17.6 Å². The summed E-state index contributed by atoms with van der Waals surface area (Å²) in [4.78, 5) is 12.9. The molecule has 19 heavy (non-hydrogen) atoms. The van der Waals surface area contributed by atoms with Crippen molar-refractivity contribution < 1.29 is 9.66 Å². The molecule has 1 aromatic rings. The number of anilines is 1. The first-order valence-electron chi connectivity index (χ1n) is 6.55. The summed E-state index contributed by atoms with van der Waals surface area (Å²) in [6.07, 6.45) is 2.61.